The van der Waals surface area contributed by atoms with Crippen molar-refractivity contribution in [2.75, 3.05) is 32.9 Å². The monoisotopic (exact) mass is 271 g/mol. The number of aliphatic hydroxyl groups excluding tert-OH is 2. The fourth-order valence-corrected chi connectivity index (χ4v) is 2.21. The molecule has 0 saturated carbocycles. The van der Waals surface area contributed by atoms with Gasteiger partial charge in [0.1, 0.15) is 0 Å². The van der Waals surface area contributed by atoms with Crippen molar-refractivity contribution in [3.8, 4) is 0 Å². The van der Waals surface area contributed by atoms with Crippen LogP contribution in [-0.2, 0) is 4.74 Å². The van der Waals surface area contributed by atoms with E-state index in [1.54, 1.807) is 0 Å². The fraction of sp³-hybridized carbons (Fsp3) is 0.867. The van der Waals surface area contributed by atoms with Gasteiger partial charge in [0, 0.05) is 13.2 Å². The third-order valence-corrected chi connectivity index (χ3v) is 3.74. The molecule has 0 bridgehead atoms. The molecule has 4 nitrogen and oxygen atoms in total. The lowest BCUT2D eigenvalue weighted by Gasteiger charge is -2.25. The number of hydrogen-bond donors (Lipinski definition) is 3. The highest BCUT2D eigenvalue weighted by Gasteiger charge is 2.18. The normalized spacial score (nSPS) is 26.3. The molecular formula is C15H29NO3. The summed E-state index contributed by atoms with van der Waals surface area (Å²) in [4.78, 5) is 0. The van der Waals surface area contributed by atoms with Crippen molar-refractivity contribution in [1.29, 1.82) is 0 Å². The summed E-state index contributed by atoms with van der Waals surface area (Å²) in [6, 6.07) is 0. The first-order valence-corrected chi connectivity index (χ1v) is 7.35. The minimum absolute atomic E-state index is 0.173. The van der Waals surface area contributed by atoms with Gasteiger partial charge in [0.2, 0.25) is 0 Å². The Kier molecular flexibility index (Phi) is 8.30. The van der Waals surface area contributed by atoms with Gasteiger partial charge in [0.25, 0.3) is 0 Å². The molecule has 0 aromatic heterocycles. The summed E-state index contributed by atoms with van der Waals surface area (Å²) in [5, 5.41) is 21.8. The first kappa shape index (κ1) is 16.6. The van der Waals surface area contributed by atoms with Crippen LogP contribution in [-0.4, -0.2) is 49.2 Å². The Bertz CT molecular complexity index is 258. The maximum absolute atomic E-state index is 9.77. The van der Waals surface area contributed by atoms with Gasteiger partial charge in [-0.1, -0.05) is 26.0 Å². The Morgan fingerprint density at radius 3 is 2.74 bits per heavy atom. The Labute approximate surface area is 116 Å². The first-order valence-electron chi connectivity index (χ1n) is 7.35. The zero-order chi connectivity index (χ0) is 14.1. The lowest BCUT2D eigenvalue weighted by atomic mass is 9.85. The summed E-state index contributed by atoms with van der Waals surface area (Å²) in [6.45, 7) is 6.75. The summed E-state index contributed by atoms with van der Waals surface area (Å²) < 4.78 is 5.62. The second-order valence-electron chi connectivity index (χ2n) is 5.82. The van der Waals surface area contributed by atoms with Gasteiger partial charge in [0.15, 0.2) is 0 Å². The van der Waals surface area contributed by atoms with Crippen LogP contribution in [0.25, 0.3) is 0 Å². The molecule has 3 N–H and O–H groups in total. The zero-order valence-electron chi connectivity index (χ0n) is 12.2. The summed E-state index contributed by atoms with van der Waals surface area (Å²) in [6.07, 6.45) is 6.21. The molecule has 4 unspecified atom stereocenters. The van der Waals surface area contributed by atoms with Crippen molar-refractivity contribution in [2.45, 2.75) is 32.8 Å². The van der Waals surface area contributed by atoms with E-state index in [0.29, 0.717) is 25.0 Å². The van der Waals surface area contributed by atoms with Crippen LogP contribution in [0.5, 0.6) is 0 Å². The van der Waals surface area contributed by atoms with Crippen LogP contribution in [0, 0.1) is 17.8 Å². The molecule has 0 aromatic carbocycles. The molecular weight excluding hydrogens is 242 g/mol. The van der Waals surface area contributed by atoms with Gasteiger partial charge >= 0.3 is 0 Å². The van der Waals surface area contributed by atoms with E-state index >= 15 is 0 Å². The van der Waals surface area contributed by atoms with E-state index in [1.807, 2.05) is 6.92 Å². The van der Waals surface area contributed by atoms with Gasteiger partial charge in [-0.25, -0.2) is 0 Å². The van der Waals surface area contributed by atoms with Crippen molar-refractivity contribution >= 4 is 0 Å². The quantitative estimate of drug-likeness (QED) is 0.551. The van der Waals surface area contributed by atoms with Gasteiger partial charge in [-0.3, -0.25) is 0 Å². The molecule has 0 saturated heterocycles. The largest absolute Gasteiger partial charge is 0.396 e. The minimum Gasteiger partial charge on any atom is -0.396 e. The van der Waals surface area contributed by atoms with Crippen LogP contribution in [0.4, 0.5) is 0 Å². The Hall–Kier alpha value is -0.420. The molecule has 19 heavy (non-hydrogen) atoms. The second kappa shape index (κ2) is 9.48. The predicted octanol–water partition coefficient (Wildman–Crippen LogP) is 1.18. The molecule has 0 radical (unpaired) electrons. The SMILES string of the molecule is CC(CO)CNCC(O)COCC1CC=CCC1C. The number of rotatable bonds is 9. The maximum Gasteiger partial charge on any atom is 0.0897 e. The van der Waals surface area contributed by atoms with Gasteiger partial charge in [-0.15, -0.1) is 0 Å². The second-order valence-corrected chi connectivity index (χ2v) is 5.82. The highest BCUT2D eigenvalue weighted by atomic mass is 16.5. The van der Waals surface area contributed by atoms with Crippen molar-refractivity contribution in [3.63, 3.8) is 0 Å². The first-order chi connectivity index (χ1) is 9.13. The summed E-state index contributed by atoms with van der Waals surface area (Å²) in [5.74, 6) is 1.48. The zero-order valence-corrected chi connectivity index (χ0v) is 12.2. The molecule has 0 spiro atoms. The molecule has 0 aliphatic heterocycles. The van der Waals surface area contributed by atoms with Crippen molar-refractivity contribution in [2.24, 2.45) is 17.8 Å². The Morgan fingerprint density at radius 2 is 2.05 bits per heavy atom. The third kappa shape index (κ3) is 7.06. The smallest absolute Gasteiger partial charge is 0.0897 e. The maximum atomic E-state index is 9.77. The number of allylic oxidation sites excluding steroid dienone is 2. The fourth-order valence-electron chi connectivity index (χ4n) is 2.21. The summed E-state index contributed by atoms with van der Waals surface area (Å²) in [5.41, 5.74) is 0. The molecule has 0 amide bonds. The molecule has 0 fully saturated rings. The number of hydrogen-bond acceptors (Lipinski definition) is 4. The van der Waals surface area contributed by atoms with Crippen molar-refractivity contribution in [3.05, 3.63) is 12.2 Å². The van der Waals surface area contributed by atoms with Crippen LogP contribution < -0.4 is 5.32 Å². The van der Waals surface area contributed by atoms with E-state index < -0.39 is 6.10 Å². The van der Waals surface area contributed by atoms with Crippen molar-refractivity contribution in [1.82, 2.24) is 5.32 Å². The van der Waals surface area contributed by atoms with Crippen LogP contribution in [0.3, 0.4) is 0 Å². The van der Waals surface area contributed by atoms with Gasteiger partial charge in [-0.2, -0.15) is 0 Å². The van der Waals surface area contributed by atoms with E-state index in [0.717, 1.165) is 26.0 Å². The standard InChI is InChI=1S/C15H29NO3/c1-12(9-17)7-16-8-15(18)11-19-10-14-6-4-3-5-13(14)2/h3-4,12-18H,5-11H2,1-2H3. The van der Waals surface area contributed by atoms with Gasteiger partial charge in [0.05, 0.1) is 19.3 Å². The molecule has 1 aliphatic carbocycles. The Balaban J connectivity index is 2.03. The van der Waals surface area contributed by atoms with Gasteiger partial charge in [-0.05, 0) is 37.1 Å². The van der Waals surface area contributed by atoms with Crippen LogP contribution in [0.1, 0.15) is 26.7 Å². The van der Waals surface area contributed by atoms with E-state index in [1.165, 1.54) is 0 Å². The van der Waals surface area contributed by atoms with Crippen LogP contribution in [0.2, 0.25) is 0 Å². The molecule has 4 heteroatoms. The lowest BCUT2D eigenvalue weighted by Crippen LogP contribution is -2.34. The Morgan fingerprint density at radius 1 is 1.32 bits per heavy atom. The van der Waals surface area contributed by atoms with E-state index in [4.69, 9.17) is 9.84 Å². The predicted molar refractivity (Wildman–Crippen MR) is 77.0 cm³/mol. The van der Waals surface area contributed by atoms with Gasteiger partial charge < -0.3 is 20.3 Å². The van der Waals surface area contributed by atoms with Crippen LogP contribution in [0.15, 0.2) is 12.2 Å². The average molecular weight is 271 g/mol. The summed E-state index contributed by atoms with van der Waals surface area (Å²) in [7, 11) is 0. The molecule has 0 heterocycles. The minimum atomic E-state index is -0.472. The summed E-state index contributed by atoms with van der Waals surface area (Å²) >= 11 is 0. The van der Waals surface area contributed by atoms with E-state index in [9.17, 15) is 5.11 Å². The molecule has 4 atom stereocenters. The number of aliphatic hydroxyl groups is 2. The average Bonchev–Trinajstić information content (AvgIpc) is 2.40. The number of nitrogens with one attached hydrogen (secondary N) is 1. The molecule has 1 rings (SSSR count). The molecule has 1 aliphatic rings. The topological polar surface area (TPSA) is 61.7 Å². The molecule has 112 valence electrons. The highest BCUT2D eigenvalue weighted by Crippen LogP contribution is 2.24. The lowest BCUT2D eigenvalue weighted by molar-refractivity contribution is 0.0124. The van der Waals surface area contributed by atoms with Crippen molar-refractivity contribution < 1.29 is 14.9 Å². The number of ether oxygens (including phenoxy) is 1. The third-order valence-electron chi connectivity index (χ3n) is 3.74. The van der Waals surface area contributed by atoms with E-state index in [2.05, 4.69) is 24.4 Å². The van der Waals surface area contributed by atoms with Crippen LogP contribution >= 0.6 is 0 Å². The van der Waals surface area contributed by atoms with E-state index in [-0.39, 0.29) is 12.5 Å². The highest BCUT2D eigenvalue weighted by molar-refractivity contribution is 4.93. The molecule has 0 aromatic rings.